The Morgan fingerprint density at radius 3 is 2.38 bits per heavy atom. The zero-order chi connectivity index (χ0) is 23.3. The molecule has 0 aromatic heterocycles. The highest BCUT2D eigenvalue weighted by molar-refractivity contribution is 8.13. The Balaban J connectivity index is 1.59. The fraction of sp³-hybridized carbons (Fsp3) is 0.333. The summed E-state index contributed by atoms with van der Waals surface area (Å²) in [5.74, 6) is 0.0769. The molecule has 2 aromatic carbocycles. The van der Waals surface area contributed by atoms with E-state index in [1.165, 1.54) is 16.7 Å². The van der Waals surface area contributed by atoms with E-state index in [4.69, 9.17) is 10.1 Å². The van der Waals surface area contributed by atoms with Crippen molar-refractivity contribution in [1.82, 2.24) is 9.80 Å². The number of carbonyl (C=O) groups is 3. The lowest BCUT2D eigenvalue weighted by Gasteiger charge is -2.18. The maximum absolute atomic E-state index is 12.7. The number of nitrogens with zero attached hydrogens (tertiary/aromatic N) is 2. The molecule has 32 heavy (non-hydrogen) atoms. The molecule has 1 heterocycles. The van der Waals surface area contributed by atoms with Crippen LogP contribution in [-0.4, -0.2) is 64.9 Å². The fourth-order valence-corrected chi connectivity index (χ4v) is 3.94. The summed E-state index contributed by atoms with van der Waals surface area (Å²) < 4.78 is 5.53. The largest absolute Gasteiger partial charge is 0.484 e. The number of ketones is 1. The third kappa shape index (κ3) is 5.19. The van der Waals surface area contributed by atoms with Crippen molar-refractivity contribution >= 4 is 34.4 Å². The molecular weight excluding hydrogens is 426 g/mol. The van der Waals surface area contributed by atoms with Crippen LogP contribution in [-0.2, 0) is 11.3 Å². The highest BCUT2D eigenvalue weighted by Gasteiger charge is 2.29. The Morgan fingerprint density at radius 1 is 1.09 bits per heavy atom. The molecule has 0 aliphatic carbocycles. The topological polar surface area (TPSA) is 90.8 Å². The number of ether oxygens (including phenoxy) is 1. The van der Waals surface area contributed by atoms with Crippen molar-refractivity contribution in [2.75, 3.05) is 32.5 Å². The molecule has 0 atom stereocenters. The van der Waals surface area contributed by atoms with Gasteiger partial charge in [0.25, 0.3) is 11.8 Å². The number of nitrogens with one attached hydrogen (secondary N) is 1. The minimum absolute atomic E-state index is 0.0243. The van der Waals surface area contributed by atoms with Crippen LogP contribution in [0.3, 0.4) is 0 Å². The van der Waals surface area contributed by atoms with Gasteiger partial charge in [0.2, 0.25) is 0 Å². The lowest BCUT2D eigenvalue weighted by Crippen LogP contribution is -2.34. The van der Waals surface area contributed by atoms with Crippen LogP contribution in [0.2, 0.25) is 0 Å². The normalized spacial score (nSPS) is 12.5. The van der Waals surface area contributed by atoms with Gasteiger partial charge >= 0.3 is 0 Å². The van der Waals surface area contributed by atoms with Gasteiger partial charge in [0, 0.05) is 36.3 Å². The molecule has 0 fully saturated rings. The fourth-order valence-electron chi connectivity index (χ4n) is 3.58. The Morgan fingerprint density at radius 2 is 1.75 bits per heavy atom. The Bertz CT molecular complexity index is 1030. The molecule has 0 radical (unpaired) electrons. The first-order valence-electron chi connectivity index (χ1n) is 10.5. The quantitative estimate of drug-likeness (QED) is 0.357. The second-order valence-corrected chi connectivity index (χ2v) is 8.19. The van der Waals surface area contributed by atoms with Crippen LogP contribution in [0.5, 0.6) is 5.75 Å². The van der Waals surface area contributed by atoms with Gasteiger partial charge in [0.15, 0.2) is 12.4 Å². The molecule has 7 nitrogen and oxygen atoms in total. The van der Waals surface area contributed by atoms with Crippen LogP contribution in [0.1, 0.15) is 45.7 Å². The Labute approximate surface area is 192 Å². The molecule has 2 amide bonds. The summed E-state index contributed by atoms with van der Waals surface area (Å²) in [4.78, 5) is 40.7. The second kappa shape index (κ2) is 10.5. The Hall–Kier alpha value is -3.13. The number of amides is 2. The average Bonchev–Trinajstić information content (AvgIpc) is 3.12. The number of likely N-dealkylation sites (N-methyl/N-ethyl adjacent to an activating group) is 1. The second-order valence-electron chi connectivity index (χ2n) is 7.37. The van der Waals surface area contributed by atoms with E-state index in [0.29, 0.717) is 41.6 Å². The van der Waals surface area contributed by atoms with Crippen molar-refractivity contribution in [3.8, 4) is 5.75 Å². The third-order valence-corrected chi connectivity index (χ3v) is 6.08. The molecule has 0 bridgehead atoms. The molecular formula is C24H27N3O4S. The van der Waals surface area contributed by atoms with Gasteiger partial charge in [-0.2, -0.15) is 0 Å². The molecule has 3 rings (SSSR count). The predicted molar refractivity (Wildman–Crippen MR) is 126 cm³/mol. The minimum atomic E-state index is -0.176. The predicted octanol–water partition coefficient (Wildman–Crippen LogP) is 3.46. The zero-order valence-electron chi connectivity index (χ0n) is 18.5. The lowest BCUT2D eigenvalue weighted by atomic mass is 10.1. The van der Waals surface area contributed by atoms with Crippen LogP contribution in [0.25, 0.3) is 0 Å². The molecule has 1 aliphatic heterocycles. The van der Waals surface area contributed by atoms with Crippen LogP contribution < -0.4 is 4.74 Å². The van der Waals surface area contributed by atoms with Crippen LogP contribution in [0.15, 0.2) is 42.5 Å². The molecule has 2 aromatic rings. The highest BCUT2D eigenvalue weighted by atomic mass is 32.2. The van der Waals surface area contributed by atoms with Gasteiger partial charge in [0.05, 0.1) is 11.6 Å². The minimum Gasteiger partial charge on any atom is -0.484 e. The summed E-state index contributed by atoms with van der Waals surface area (Å²) in [6.07, 6.45) is 1.84. The van der Waals surface area contributed by atoms with Crippen LogP contribution in [0, 0.1) is 5.41 Å². The molecule has 8 heteroatoms. The number of thioether (sulfide) groups is 1. The van der Waals surface area contributed by atoms with Gasteiger partial charge < -0.3 is 14.5 Å². The summed E-state index contributed by atoms with van der Waals surface area (Å²) in [7, 11) is 0. The number of hydrogen-bond acceptors (Lipinski definition) is 6. The van der Waals surface area contributed by atoms with Gasteiger partial charge in [-0.15, -0.1) is 11.8 Å². The zero-order valence-corrected chi connectivity index (χ0v) is 19.3. The van der Waals surface area contributed by atoms with E-state index in [1.807, 2.05) is 26.2 Å². The van der Waals surface area contributed by atoms with E-state index in [-0.39, 0.29) is 30.7 Å². The first-order valence-corrected chi connectivity index (χ1v) is 11.7. The molecule has 1 N–H and O–H groups in total. The molecule has 1 aliphatic rings. The highest BCUT2D eigenvalue weighted by Crippen LogP contribution is 2.25. The van der Waals surface area contributed by atoms with E-state index in [1.54, 1.807) is 41.3 Å². The van der Waals surface area contributed by atoms with E-state index in [2.05, 4.69) is 0 Å². The van der Waals surface area contributed by atoms with Crippen LogP contribution >= 0.6 is 11.8 Å². The maximum Gasteiger partial charge on any atom is 0.260 e. The van der Waals surface area contributed by atoms with E-state index < -0.39 is 0 Å². The average molecular weight is 454 g/mol. The third-order valence-electron chi connectivity index (χ3n) is 5.44. The van der Waals surface area contributed by atoms with Gasteiger partial charge in [-0.25, -0.2) is 0 Å². The number of carbonyl (C=O) groups excluding carboxylic acids is 3. The summed E-state index contributed by atoms with van der Waals surface area (Å²) in [5, 5.41) is 8.40. The van der Waals surface area contributed by atoms with Gasteiger partial charge in [-0.05, 0) is 62.1 Å². The summed E-state index contributed by atoms with van der Waals surface area (Å²) in [5.41, 5.74) is 2.66. The van der Waals surface area contributed by atoms with Crippen molar-refractivity contribution in [1.29, 1.82) is 5.41 Å². The molecule has 0 saturated heterocycles. The number of fused-ring (bicyclic) bond motifs is 1. The summed E-state index contributed by atoms with van der Waals surface area (Å²) >= 11 is 1.34. The molecule has 0 saturated carbocycles. The van der Waals surface area contributed by atoms with Gasteiger partial charge in [-0.1, -0.05) is 6.07 Å². The number of hydrogen-bond donors (Lipinski definition) is 1. The smallest absolute Gasteiger partial charge is 0.260 e. The van der Waals surface area contributed by atoms with Gasteiger partial charge in [0.1, 0.15) is 5.75 Å². The summed E-state index contributed by atoms with van der Waals surface area (Å²) in [6.45, 7) is 5.37. The van der Waals surface area contributed by atoms with Crippen molar-refractivity contribution in [3.05, 3.63) is 64.7 Å². The van der Waals surface area contributed by atoms with E-state index >= 15 is 0 Å². The molecule has 168 valence electrons. The molecule has 0 spiro atoms. The monoisotopic (exact) mass is 453 g/mol. The van der Waals surface area contributed by atoms with E-state index in [9.17, 15) is 14.4 Å². The van der Waals surface area contributed by atoms with Crippen molar-refractivity contribution in [2.24, 2.45) is 0 Å². The molecule has 0 unspecified atom stereocenters. The van der Waals surface area contributed by atoms with E-state index in [0.717, 1.165) is 11.1 Å². The first kappa shape index (κ1) is 23.5. The van der Waals surface area contributed by atoms with Crippen molar-refractivity contribution < 1.29 is 19.1 Å². The number of rotatable bonds is 9. The number of benzene rings is 2. The maximum atomic E-state index is 12.7. The van der Waals surface area contributed by atoms with Crippen molar-refractivity contribution in [3.63, 3.8) is 0 Å². The number of Topliss-reactive ketones (excluding diaryl/α,β-unsaturated/α-hetero) is 1. The van der Waals surface area contributed by atoms with Gasteiger partial charge in [-0.3, -0.25) is 19.8 Å². The standard InChI is InChI=1S/C24H27N3O4S/c1-4-26(5-2)22(29)15-31-19-9-6-16(7-10-19)21(28)14-27-13-18-12-17(23(25)32-3)8-11-20(18)24(27)30/h6-12,25H,4-5,13-15H2,1-3H3. The summed E-state index contributed by atoms with van der Waals surface area (Å²) in [6, 6.07) is 11.9. The lowest BCUT2D eigenvalue weighted by molar-refractivity contribution is -0.132. The first-order chi connectivity index (χ1) is 15.4. The Kier molecular flexibility index (Phi) is 7.69. The SMILES string of the molecule is CCN(CC)C(=O)COc1ccc(C(=O)CN2Cc3cc(C(=N)SC)ccc3C2=O)cc1. The van der Waals surface area contributed by atoms with Crippen LogP contribution in [0.4, 0.5) is 0 Å². The van der Waals surface area contributed by atoms with Crippen molar-refractivity contribution in [2.45, 2.75) is 20.4 Å².